The van der Waals surface area contributed by atoms with Crippen molar-refractivity contribution in [2.45, 2.75) is 41.2 Å². The number of rotatable bonds is 8. The summed E-state index contributed by atoms with van der Waals surface area (Å²) in [6.07, 6.45) is 0. The molecular weight excluding hydrogens is 244 g/mol. The molecule has 0 saturated heterocycles. The van der Waals surface area contributed by atoms with E-state index in [9.17, 15) is 0 Å². The molecule has 0 saturated carbocycles. The van der Waals surface area contributed by atoms with Gasteiger partial charge in [0.15, 0.2) is 0 Å². The van der Waals surface area contributed by atoms with Gasteiger partial charge in [-0.05, 0) is 37.4 Å². The van der Waals surface area contributed by atoms with Gasteiger partial charge in [-0.2, -0.15) is 0 Å². The summed E-state index contributed by atoms with van der Waals surface area (Å²) >= 11 is 0. The highest BCUT2D eigenvalue weighted by molar-refractivity contribution is 5.22. The Labute approximate surface area is 125 Å². The number of aryl methyl sites for hydroxylation is 1. The van der Waals surface area contributed by atoms with Crippen molar-refractivity contribution in [3.63, 3.8) is 0 Å². The number of nitrogens with one attached hydrogen (secondary N) is 1. The van der Waals surface area contributed by atoms with Gasteiger partial charge in [0.05, 0.1) is 0 Å². The third-order valence-corrected chi connectivity index (χ3v) is 3.39. The molecule has 0 atom stereocenters. The van der Waals surface area contributed by atoms with Crippen LogP contribution < -0.4 is 5.32 Å². The molecule has 0 fully saturated rings. The zero-order valence-corrected chi connectivity index (χ0v) is 14.2. The van der Waals surface area contributed by atoms with E-state index in [0.717, 1.165) is 32.1 Å². The summed E-state index contributed by atoms with van der Waals surface area (Å²) in [6.45, 7) is 15.6. The van der Waals surface area contributed by atoms with E-state index in [4.69, 9.17) is 0 Å². The fraction of sp³-hybridized carbons (Fsp3) is 0.667. The fourth-order valence-electron chi connectivity index (χ4n) is 2.66. The Morgan fingerprint density at radius 1 is 1.25 bits per heavy atom. The van der Waals surface area contributed by atoms with Gasteiger partial charge in [-0.15, -0.1) is 0 Å². The first-order valence-electron chi connectivity index (χ1n) is 7.73. The first-order valence-corrected chi connectivity index (χ1v) is 7.73. The lowest BCUT2D eigenvalue weighted by molar-refractivity contribution is 0.197. The Hall–Kier alpha value is -0.860. The van der Waals surface area contributed by atoms with E-state index in [1.54, 1.807) is 0 Å². The summed E-state index contributed by atoms with van der Waals surface area (Å²) in [6, 6.07) is 8.80. The average molecular weight is 276 g/mol. The summed E-state index contributed by atoms with van der Waals surface area (Å²) in [5, 5.41) is 3.58. The van der Waals surface area contributed by atoms with Crippen molar-refractivity contribution in [3.05, 3.63) is 35.4 Å². The maximum atomic E-state index is 3.58. The molecule has 0 amide bonds. The SMILES string of the molecule is Cc1cccc(CN(C)CC(C)(C)CNCC(C)C)c1. The minimum absolute atomic E-state index is 0.299. The van der Waals surface area contributed by atoms with Gasteiger partial charge in [0.25, 0.3) is 0 Å². The van der Waals surface area contributed by atoms with E-state index in [1.807, 2.05) is 0 Å². The largest absolute Gasteiger partial charge is 0.316 e. The van der Waals surface area contributed by atoms with Crippen molar-refractivity contribution < 1.29 is 0 Å². The van der Waals surface area contributed by atoms with Gasteiger partial charge < -0.3 is 10.2 Å². The number of hydrogen-bond donors (Lipinski definition) is 1. The van der Waals surface area contributed by atoms with Crippen molar-refractivity contribution in [2.24, 2.45) is 11.3 Å². The Morgan fingerprint density at radius 3 is 2.55 bits per heavy atom. The molecule has 1 aromatic carbocycles. The van der Waals surface area contributed by atoms with Gasteiger partial charge >= 0.3 is 0 Å². The predicted octanol–water partition coefficient (Wildman–Crippen LogP) is 3.70. The summed E-state index contributed by atoms with van der Waals surface area (Å²) in [5.41, 5.74) is 3.04. The monoisotopic (exact) mass is 276 g/mol. The normalized spacial score (nSPS) is 12.4. The van der Waals surface area contributed by atoms with E-state index in [-0.39, 0.29) is 0 Å². The molecule has 2 nitrogen and oxygen atoms in total. The van der Waals surface area contributed by atoms with Crippen LogP contribution in [0.15, 0.2) is 24.3 Å². The van der Waals surface area contributed by atoms with Crippen LogP contribution in [0, 0.1) is 18.3 Å². The van der Waals surface area contributed by atoms with Gasteiger partial charge in [-0.25, -0.2) is 0 Å². The van der Waals surface area contributed by atoms with Crippen LogP contribution in [0.3, 0.4) is 0 Å². The molecule has 2 heteroatoms. The van der Waals surface area contributed by atoms with E-state index < -0.39 is 0 Å². The van der Waals surface area contributed by atoms with Crippen LogP contribution in [-0.4, -0.2) is 31.6 Å². The van der Waals surface area contributed by atoms with Crippen molar-refractivity contribution >= 4 is 0 Å². The van der Waals surface area contributed by atoms with Crippen LogP contribution in [0.4, 0.5) is 0 Å². The second-order valence-electron chi connectivity index (χ2n) is 7.35. The summed E-state index contributed by atoms with van der Waals surface area (Å²) in [7, 11) is 2.21. The summed E-state index contributed by atoms with van der Waals surface area (Å²) in [5.74, 6) is 0.718. The number of benzene rings is 1. The maximum Gasteiger partial charge on any atom is 0.0231 e. The molecule has 0 aromatic heterocycles. The van der Waals surface area contributed by atoms with Crippen LogP contribution in [0.1, 0.15) is 38.8 Å². The van der Waals surface area contributed by atoms with Gasteiger partial charge in [0, 0.05) is 19.6 Å². The molecule has 20 heavy (non-hydrogen) atoms. The molecular formula is C18H32N2. The summed E-state index contributed by atoms with van der Waals surface area (Å²) < 4.78 is 0. The number of hydrogen-bond acceptors (Lipinski definition) is 2. The van der Waals surface area contributed by atoms with Gasteiger partial charge in [-0.3, -0.25) is 0 Å². The van der Waals surface area contributed by atoms with Gasteiger partial charge in [-0.1, -0.05) is 57.5 Å². The molecule has 0 radical (unpaired) electrons. The van der Waals surface area contributed by atoms with E-state index in [1.165, 1.54) is 11.1 Å². The smallest absolute Gasteiger partial charge is 0.0231 e. The molecule has 0 unspecified atom stereocenters. The average Bonchev–Trinajstić information content (AvgIpc) is 2.26. The van der Waals surface area contributed by atoms with Gasteiger partial charge in [0.2, 0.25) is 0 Å². The van der Waals surface area contributed by atoms with E-state index >= 15 is 0 Å². The standard InChI is InChI=1S/C18H32N2/c1-15(2)11-19-13-18(4,5)14-20(6)12-17-9-7-8-16(3)10-17/h7-10,15,19H,11-14H2,1-6H3. The number of nitrogens with zero attached hydrogens (tertiary/aromatic N) is 1. The molecule has 0 aliphatic rings. The first-order chi connectivity index (χ1) is 9.28. The quantitative estimate of drug-likeness (QED) is 0.779. The van der Waals surface area contributed by atoms with Crippen LogP contribution in [0.5, 0.6) is 0 Å². The third-order valence-electron chi connectivity index (χ3n) is 3.39. The van der Waals surface area contributed by atoms with Crippen LogP contribution in [0.2, 0.25) is 0 Å². The zero-order chi connectivity index (χ0) is 15.2. The Bertz CT molecular complexity index is 396. The molecule has 0 aliphatic carbocycles. The Kier molecular flexibility index (Phi) is 6.70. The molecule has 1 rings (SSSR count). The zero-order valence-electron chi connectivity index (χ0n) is 14.2. The van der Waals surface area contributed by atoms with E-state index in [0.29, 0.717) is 5.41 Å². The topological polar surface area (TPSA) is 15.3 Å². The summed E-state index contributed by atoms with van der Waals surface area (Å²) in [4.78, 5) is 2.42. The first kappa shape index (κ1) is 17.2. The second kappa shape index (κ2) is 7.80. The lowest BCUT2D eigenvalue weighted by Crippen LogP contribution is -2.39. The van der Waals surface area contributed by atoms with Crippen molar-refractivity contribution in [1.82, 2.24) is 10.2 Å². The molecule has 1 aromatic rings. The van der Waals surface area contributed by atoms with Crippen LogP contribution in [-0.2, 0) is 6.54 Å². The molecule has 0 heterocycles. The third kappa shape index (κ3) is 7.06. The predicted molar refractivity (Wildman–Crippen MR) is 89.0 cm³/mol. The fourth-order valence-corrected chi connectivity index (χ4v) is 2.66. The highest BCUT2D eigenvalue weighted by Gasteiger charge is 2.19. The minimum Gasteiger partial charge on any atom is -0.316 e. The molecule has 1 N–H and O–H groups in total. The molecule has 0 spiro atoms. The van der Waals surface area contributed by atoms with Crippen LogP contribution in [0.25, 0.3) is 0 Å². The van der Waals surface area contributed by atoms with Crippen LogP contribution >= 0.6 is 0 Å². The Balaban J connectivity index is 2.41. The molecule has 114 valence electrons. The van der Waals surface area contributed by atoms with E-state index in [2.05, 4.69) is 76.1 Å². The lowest BCUT2D eigenvalue weighted by Gasteiger charge is -2.31. The minimum atomic E-state index is 0.299. The second-order valence-corrected chi connectivity index (χ2v) is 7.35. The van der Waals surface area contributed by atoms with Crippen molar-refractivity contribution in [3.8, 4) is 0 Å². The highest BCUT2D eigenvalue weighted by Crippen LogP contribution is 2.17. The molecule has 0 aliphatic heterocycles. The lowest BCUT2D eigenvalue weighted by atomic mass is 9.92. The van der Waals surface area contributed by atoms with Crippen molar-refractivity contribution in [1.29, 1.82) is 0 Å². The molecule has 0 bridgehead atoms. The highest BCUT2D eigenvalue weighted by atomic mass is 15.1. The van der Waals surface area contributed by atoms with Crippen molar-refractivity contribution in [2.75, 3.05) is 26.7 Å². The Morgan fingerprint density at radius 2 is 1.95 bits per heavy atom. The van der Waals surface area contributed by atoms with Gasteiger partial charge in [0.1, 0.15) is 0 Å². The maximum absolute atomic E-state index is 3.58.